The van der Waals surface area contributed by atoms with Gasteiger partial charge in [0.25, 0.3) is 0 Å². The van der Waals surface area contributed by atoms with E-state index in [1.165, 1.54) is 78.9 Å². The van der Waals surface area contributed by atoms with Gasteiger partial charge in [-0.1, -0.05) is 81.0 Å². The molecule has 0 bridgehead atoms. The first-order valence-corrected chi connectivity index (χ1v) is 18.2. The second kappa shape index (κ2) is 15.0. The summed E-state index contributed by atoms with van der Waals surface area (Å²) in [6.07, 6.45) is 6.73. The van der Waals surface area contributed by atoms with Crippen molar-refractivity contribution in [1.29, 1.82) is 0 Å². The molecule has 3 nitrogen and oxygen atoms in total. The van der Waals surface area contributed by atoms with Gasteiger partial charge in [0.15, 0.2) is 24.8 Å². The fourth-order valence-electron chi connectivity index (χ4n) is 6.11. The third-order valence-corrected chi connectivity index (χ3v) is 11.9. The smallest absolute Gasteiger partial charge is 0.460 e. The van der Waals surface area contributed by atoms with Crippen LogP contribution >= 0.6 is 0 Å². The minimum atomic E-state index is -7.43. The van der Waals surface area contributed by atoms with E-state index < -0.39 is 33.4 Å². The van der Waals surface area contributed by atoms with Crippen molar-refractivity contribution in [3.05, 3.63) is 90.0 Å². The Labute approximate surface area is 277 Å². The molecule has 14 heteroatoms. The van der Waals surface area contributed by atoms with E-state index in [0.29, 0.717) is 0 Å². The number of benzene rings is 3. The Morgan fingerprint density at radius 1 is 0.521 bits per heavy atom. The highest BCUT2D eigenvalue weighted by molar-refractivity contribution is 7.97. The lowest BCUT2D eigenvalue weighted by atomic mass is 9.84. The van der Waals surface area contributed by atoms with Crippen molar-refractivity contribution >= 4 is 21.0 Å². The predicted octanol–water partition coefficient (Wildman–Crippen LogP) is 10.8. The van der Waals surface area contributed by atoms with Crippen LogP contribution in [0.25, 0.3) is 0 Å². The number of rotatable bonds is 8. The van der Waals surface area contributed by atoms with E-state index in [0.717, 1.165) is 11.8 Å². The van der Waals surface area contributed by atoms with Crippen LogP contribution in [0.15, 0.2) is 93.5 Å². The summed E-state index contributed by atoms with van der Waals surface area (Å²) in [6.45, 7) is 0. The van der Waals surface area contributed by atoms with Gasteiger partial charge in [-0.15, -0.1) is 0 Å². The zero-order valence-corrected chi connectivity index (χ0v) is 27.3. The van der Waals surface area contributed by atoms with Crippen molar-refractivity contribution in [2.45, 2.75) is 114 Å². The second-order valence-electron chi connectivity index (χ2n) is 12.0. The maximum atomic E-state index is 12.2. The third kappa shape index (κ3) is 8.18. The predicted molar refractivity (Wildman–Crippen MR) is 164 cm³/mol. The molecule has 48 heavy (non-hydrogen) atoms. The average Bonchev–Trinajstić information content (AvgIpc) is 3.06. The summed E-state index contributed by atoms with van der Waals surface area (Å²) in [5.74, 6) is -13.3. The number of hydrogen-bond acceptors (Lipinski definition) is 3. The molecule has 5 rings (SSSR count). The van der Waals surface area contributed by atoms with Crippen molar-refractivity contribution in [2.75, 3.05) is 0 Å². The van der Waals surface area contributed by atoms with E-state index in [2.05, 4.69) is 78.9 Å². The molecule has 3 aromatic rings. The molecule has 264 valence electrons. The fourth-order valence-corrected chi connectivity index (χ4v) is 8.61. The zero-order chi connectivity index (χ0) is 35.4. The lowest BCUT2D eigenvalue weighted by molar-refractivity contribution is -0.382. The van der Waals surface area contributed by atoms with Gasteiger partial charge in [-0.05, 0) is 85.0 Å². The SMILES string of the molecule is O=S(=O)([O-])C(F)(F)C(F)(F)C(F)(F)C(F)(F)F.c1ccc([S+](c2ccc(C3CCCCC3)cc2)c2ccc(C3CCCCC3)cc2)cc1. The normalized spacial score (nSPS) is 17.6. The van der Waals surface area contributed by atoms with E-state index in [4.69, 9.17) is 0 Å². The lowest BCUT2D eigenvalue weighted by Crippen LogP contribution is -2.63. The topological polar surface area (TPSA) is 57.2 Å². The molecule has 0 heterocycles. The summed E-state index contributed by atoms with van der Waals surface area (Å²) in [4.78, 5) is 4.30. The van der Waals surface area contributed by atoms with E-state index in [1.807, 2.05) is 0 Å². The van der Waals surface area contributed by atoms with Crippen molar-refractivity contribution in [3.63, 3.8) is 0 Å². The molecule has 0 radical (unpaired) electrons. The monoisotopic (exact) mass is 726 g/mol. The Morgan fingerprint density at radius 3 is 1.21 bits per heavy atom. The first-order chi connectivity index (χ1) is 22.4. The van der Waals surface area contributed by atoms with E-state index in [9.17, 15) is 52.5 Å². The molecule has 0 spiro atoms. The van der Waals surface area contributed by atoms with Gasteiger partial charge in [-0.25, -0.2) is 8.42 Å². The van der Waals surface area contributed by atoms with Gasteiger partial charge >= 0.3 is 23.3 Å². The van der Waals surface area contributed by atoms with Crippen LogP contribution in [0.5, 0.6) is 0 Å². The molecular weight excluding hydrogens is 691 g/mol. The van der Waals surface area contributed by atoms with Gasteiger partial charge in [0.1, 0.15) is 0 Å². The molecule has 2 aliphatic rings. The van der Waals surface area contributed by atoms with E-state index in [1.54, 1.807) is 11.1 Å². The van der Waals surface area contributed by atoms with Crippen molar-refractivity contribution in [1.82, 2.24) is 0 Å². The highest BCUT2D eigenvalue weighted by Gasteiger charge is 2.83. The number of alkyl halides is 9. The molecule has 2 fully saturated rings. The average molecular weight is 727 g/mol. The van der Waals surface area contributed by atoms with Crippen LogP contribution in [0.2, 0.25) is 0 Å². The maximum absolute atomic E-state index is 12.2. The van der Waals surface area contributed by atoms with E-state index >= 15 is 0 Å². The van der Waals surface area contributed by atoms with Crippen molar-refractivity contribution in [2.24, 2.45) is 0 Å². The third-order valence-electron chi connectivity index (χ3n) is 8.79. The van der Waals surface area contributed by atoms with Crippen LogP contribution in [-0.4, -0.2) is 36.2 Å². The van der Waals surface area contributed by atoms with Crippen LogP contribution in [0, 0.1) is 0 Å². The number of halogens is 9. The molecule has 0 N–H and O–H groups in total. The van der Waals surface area contributed by atoms with Gasteiger partial charge in [0.2, 0.25) is 0 Å². The summed E-state index contributed by atoms with van der Waals surface area (Å²) >= 11 is 0. The second-order valence-corrected chi connectivity index (χ2v) is 15.5. The quantitative estimate of drug-likeness (QED) is 0.132. The van der Waals surface area contributed by atoms with Gasteiger partial charge < -0.3 is 4.55 Å². The molecular formula is C34H35F9O3S2. The van der Waals surface area contributed by atoms with Gasteiger partial charge in [-0.2, -0.15) is 39.5 Å². The molecule has 3 aromatic carbocycles. The Hall–Kier alpha value is -2.71. The Kier molecular flexibility index (Phi) is 11.9. The van der Waals surface area contributed by atoms with E-state index in [-0.39, 0.29) is 10.9 Å². The summed E-state index contributed by atoms with van der Waals surface area (Å²) in [6, 6.07) is 30.4. The van der Waals surface area contributed by atoms with Crippen molar-refractivity contribution < 1.29 is 52.5 Å². The van der Waals surface area contributed by atoms with Gasteiger partial charge in [0, 0.05) is 0 Å². The standard InChI is InChI=1S/C30H35S.C4HF9O3S/c1-4-10-24(11-5-1)26-16-20-29(21-17-26)31(28-14-8-3-9-15-28)30-22-18-27(19-23-30)25-12-6-2-7-13-25;5-1(6,3(9,10)11)2(7,8)4(12,13)17(14,15)16/h3,8-9,14-25H,1-2,4-7,10-13H2;(H,14,15,16)/q+1;/p-1. The van der Waals surface area contributed by atoms with Crippen LogP contribution in [0.3, 0.4) is 0 Å². The van der Waals surface area contributed by atoms with Crippen LogP contribution in [0.1, 0.15) is 87.2 Å². The summed E-state index contributed by atoms with van der Waals surface area (Å²) in [5.41, 5.74) is 3.10. The minimum Gasteiger partial charge on any atom is -0.743 e. The fraction of sp³-hybridized carbons (Fsp3) is 0.471. The Bertz CT molecular complexity index is 1510. The van der Waals surface area contributed by atoms with Gasteiger partial charge in [-0.3, -0.25) is 0 Å². The summed E-state index contributed by atoms with van der Waals surface area (Å²) in [5, 5.41) is -7.11. The molecule has 0 aromatic heterocycles. The van der Waals surface area contributed by atoms with Crippen LogP contribution < -0.4 is 0 Å². The maximum Gasteiger partial charge on any atom is 0.460 e. The van der Waals surface area contributed by atoms with Gasteiger partial charge in [0.05, 0.1) is 10.9 Å². The first kappa shape index (κ1) is 38.1. The highest BCUT2D eigenvalue weighted by atomic mass is 32.2. The molecule has 0 aliphatic heterocycles. The molecule has 0 unspecified atom stereocenters. The van der Waals surface area contributed by atoms with Crippen LogP contribution in [-0.2, 0) is 21.0 Å². The highest BCUT2D eigenvalue weighted by Crippen LogP contribution is 2.54. The first-order valence-electron chi connectivity index (χ1n) is 15.5. The summed E-state index contributed by atoms with van der Waals surface area (Å²) < 4.78 is 135. The molecule has 2 saturated carbocycles. The Balaban J connectivity index is 0.000000263. The minimum absolute atomic E-state index is 0.0410. The molecule has 2 aliphatic carbocycles. The molecule has 0 saturated heterocycles. The van der Waals surface area contributed by atoms with Crippen LogP contribution in [0.4, 0.5) is 39.5 Å². The molecule has 0 amide bonds. The lowest BCUT2D eigenvalue weighted by Gasteiger charge is -2.34. The Morgan fingerprint density at radius 2 is 0.875 bits per heavy atom. The molecule has 0 atom stereocenters. The van der Waals surface area contributed by atoms with Crippen molar-refractivity contribution in [3.8, 4) is 0 Å². The summed E-state index contributed by atoms with van der Waals surface area (Å²) in [7, 11) is -7.46. The largest absolute Gasteiger partial charge is 0.743 e. The number of hydrogen-bond donors (Lipinski definition) is 0. The zero-order valence-electron chi connectivity index (χ0n) is 25.7.